The number of ketones is 1. The first kappa shape index (κ1) is 10.9. The molecular weight excluding hydrogens is 232 g/mol. The zero-order valence-electron chi connectivity index (χ0n) is 8.48. The van der Waals surface area contributed by atoms with Gasteiger partial charge in [-0.05, 0) is 6.42 Å². The number of rotatable bonds is 2. The fourth-order valence-electron chi connectivity index (χ4n) is 1.53. The average molecular weight is 247 g/mol. The molecule has 1 aliphatic rings. The van der Waals surface area contributed by atoms with Crippen molar-refractivity contribution in [1.82, 2.24) is 0 Å². The molecule has 0 saturated heterocycles. The van der Waals surface area contributed by atoms with Crippen LogP contribution in [0, 0.1) is 10.8 Å². The van der Waals surface area contributed by atoms with E-state index in [1.807, 2.05) is 27.7 Å². The lowest BCUT2D eigenvalue weighted by Gasteiger charge is -2.22. The maximum Gasteiger partial charge on any atom is 0.155 e. The molecule has 1 saturated carbocycles. The van der Waals surface area contributed by atoms with Crippen LogP contribution in [0.25, 0.3) is 0 Å². The molecule has 0 bridgehead atoms. The molecule has 0 spiro atoms. The number of halogens is 1. The minimum atomic E-state index is -0.597. The highest BCUT2D eigenvalue weighted by Crippen LogP contribution is 2.63. The third kappa shape index (κ3) is 1.47. The first-order chi connectivity index (χ1) is 5.67. The highest BCUT2D eigenvalue weighted by atomic mass is 79.9. The summed E-state index contributed by atoms with van der Waals surface area (Å²) < 4.78 is -0.597. The molecule has 0 aromatic heterocycles. The van der Waals surface area contributed by atoms with Crippen molar-refractivity contribution < 1.29 is 9.59 Å². The fourth-order valence-corrected chi connectivity index (χ4v) is 2.80. The summed E-state index contributed by atoms with van der Waals surface area (Å²) in [4.78, 5) is 22.7. The molecule has 13 heavy (non-hydrogen) atoms. The van der Waals surface area contributed by atoms with E-state index in [0.29, 0.717) is 6.42 Å². The van der Waals surface area contributed by atoms with Crippen LogP contribution in [0.1, 0.15) is 34.1 Å². The number of alkyl halides is 1. The molecule has 1 aliphatic carbocycles. The van der Waals surface area contributed by atoms with E-state index in [9.17, 15) is 9.59 Å². The van der Waals surface area contributed by atoms with Gasteiger partial charge < -0.3 is 4.79 Å². The maximum absolute atomic E-state index is 11.9. The summed E-state index contributed by atoms with van der Waals surface area (Å²) in [6, 6.07) is 0. The molecule has 0 unspecified atom stereocenters. The molecule has 3 heteroatoms. The Labute approximate surface area is 87.2 Å². The van der Waals surface area contributed by atoms with E-state index in [0.717, 1.165) is 6.29 Å². The van der Waals surface area contributed by atoms with Crippen LogP contribution in [0.3, 0.4) is 0 Å². The largest absolute Gasteiger partial charge is 0.303 e. The van der Waals surface area contributed by atoms with Crippen molar-refractivity contribution in [3.63, 3.8) is 0 Å². The Balaban J connectivity index is 2.89. The van der Waals surface area contributed by atoms with Gasteiger partial charge in [0.05, 0.1) is 4.32 Å². The van der Waals surface area contributed by atoms with Crippen molar-refractivity contribution in [1.29, 1.82) is 0 Å². The Morgan fingerprint density at radius 3 is 2.15 bits per heavy atom. The van der Waals surface area contributed by atoms with Gasteiger partial charge in [-0.1, -0.05) is 43.6 Å². The Bertz CT molecular complexity index is 267. The Kier molecular flexibility index (Phi) is 2.23. The molecule has 0 radical (unpaired) electrons. The van der Waals surface area contributed by atoms with E-state index in [1.54, 1.807) is 0 Å². The summed E-state index contributed by atoms with van der Waals surface area (Å²) in [5.74, 6) is 0.120. The third-order valence-electron chi connectivity index (χ3n) is 2.69. The number of carbonyl (C=O) groups is 2. The molecule has 2 nitrogen and oxygen atoms in total. The second kappa shape index (κ2) is 2.66. The second-order valence-electron chi connectivity index (χ2n) is 5.09. The molecule has 2 atom stereocenters. The lowest BCUT2D eigenvalue weighted by Crippen LogP contribution is -2.34. The van der Waals surface area contributed by atoms with Crippen LogP contribution in [0.15, 0.2) is 0 Å². The van der Waals surface area contributed by atoms with Gasteiger partial charge in [0, 0.05) is 10.8 Å². The van der Waals surface area contributed by atoms with E-state index in [1.165, 1.54) is 0 Å². The molecule has 0 heterocycles. The molecule has 0 aliphatic heterocycles. The summed E-state index contributed by atoms with van der Waals surface area (Å²) in [7, 11) is 0. The van der Waals surface area contributed by atoms with Crippen LogP contribution in [0.5, 0.6) is 0 Å². The van der Waals surface area contributed by atoms with Gasteiger partial charge in [-0.25, -0.2) is 0 Å². The highest BCUT2D eigenvalue weighted by Gasteiger charge is 2.69. The molecule has 74 valence electrons. The van der Waals surface area contributed by atoms with Crippen molar-refractivity contribution in [3.05, 3.63) is 0 Å². The molecular formula is C10H15BrO2. The number of hydrogen-bond donors (Lipinski definition) is 0. The molecule has 1 fully saturated rings. The normalized spacial score (nSPS) is 38.5. The van der Waals surface area contributed by atoms with Gasteiger partial charge in [-0.2, -0.15) is 0 Å². The monoisotopic (exact) mass is 246 g/mol. The smallest absolute Gasteiger partial charge is 0.155 e. The van der Waals surface area contributed by atoms with Crippen molar-refractivity contribution >= 4 is 28.0 Å². The Hall–Kier alpha value is -0.180. The zero-order valence-corrected chi connectivity index (χ0v) is 10.1. The van der Waals surface area contributed by atoms with Crippen molar-refractivity contribution in [2.45, 2.75) is 38.4 Å². The third-order valence-corrected chi connectivity index (χ3v) is 4.24. The highest BCUT2D eigenvalue weighted by molar-refractivity contribution is 9.10. The molecule has 0 aromatic carbocycles. The van der Waals surface area contributed by atoms with Crippen molar-refractivity contribution in [3.8, 4) is 0 Å². The minimum absolute atomic E-state index is 0.120. The van der Waals surface area contributed by atoms with Crippen molar-refractivity contribution in [2.75, 3.05) is 0 Å². The van der Waals surface area contributed by atoms with E-state index in [4.69, 9.17) is 0 Å². The summed E-state index contributed by atoms with van der Waals surface area (Å²) >= 11 is 3.39. The van der Waals surface area contributed by atoms with E-state index >= 15 is 0 Å². The molecule has 0 N–H and O–H groups in total. The number of aldehydes is 1. The van der Waals surface area contributed by atoms with Crippen LogP contribution in [0.2, 0.25) is 0 Å². The lowest BCUT2D eigenvalue weighted by atomic mass is 9.85. The molecule has 0 amide bonds. The number of hydrogen-bond acceptors (Lipinski definition) is 2. The van der Waals surface area contributed by atoms with Crippen LogP contribution < -0.4 is 0 Å². The van der Waals surface area contributed by atoms with E-state index in [-0.39, 0.29) is 11.2 Å². The van der Waals surface area contributed by atoms with Crippen LogP contribution in [-0.4, -0.2) is 16.4 Å². The van der Waals surface area contributed by atoms with Gasteiger partial charge in [0.2, 0.25) is 0 Å². The Morgan fingerprint density at radius 1 is 1.46 bits per heavy atom. The van der Waals surface area contributed by atoms with Gasteiger partial charge in [0.25, 0.3) is 0 Å². The van der Waals surface area contributed by atoms with Gasteiger partial charge in [-0.15, -0.1) is 0 Å². The predicted octanol–water partition coefficient (Wildman–Crippen LogP) is 2.34. The second-order valence-corrected chi connectivity index (χ2v) is 6.45. The summed E-state index contributed by atoms with van der Waals surface area (Å²) in [5, 5.41) is 0. The van der Waals surface area contributed by atoms with E-state index < -0.39 is 9.74 Å². The lowest BCUT2D eigenvalue weighted by molar-refractivity contribution is -0.128. The summed E-state index contributed by atoms with van der Waals surface area (Å²) in [6.45, 7) is 7.45. The van der Waals surface area contributed by atoms with Gasteiger partial charge in [0.1, 0.15) is 6.29 Å². The minimum Gasteiger partial charge on any atom is -0.303 e. The summed E-state index contributed by atoms with van der Waals surface area (Å²) in [6.07, 6.45) is 1.50. The Morgan fingerprint density at radius 2 is 1.92 bits per heavy atom. The van der Waals surface area contributed by atoms with Gasteiger partial charge in [0.15, 0.2) is 5.78 Å². The first-order valence-corrected chi connectivity index (χ1v) is 5.17. The molecule has 0 aromatic rings. The number of Topliss-reactive ketones (excluding diaryl/α,β-unsaturated/α-hetero) is 1. The van der Waals surface area contributed by atoms with Crippen LogP contribution >= 0.6 is 15.9 Å². The van der Waals surface area contributed by atoms with Crippen LogP contribution in [-0.2, 0) is 9.59 Å². The maximum atomic E-state index is 11.9. The predicted molar refractivity (Wildman–Crippen MR) is 54.9 cm³/mol. The van der Waals surface area contributed by atoms with Gasteiger partial charge >= 0.3 is 0 Å². The van der Waals surface area contributed by atoms with Crippen molar-refractivity contribution in [2.24, 2.45) is 10.8 Å². The fraction of sp³-hybridized carbons (Fsp3) is 0.800. The first-order valence-electron chi connectivity index (χ1n) is 4.37. The van der Waals surface area contributed by atoms with E-state index in [2.05, 4.69) is 15.9 Å². The molecule has 1 rings (SSSR count). The topological polar surface area (TPSA) is 34.1 Å². The zero-order chi connectivity index (χ0) is 10.5. The average Bonchev–Trinajstić information content (AvgIpc) is 2.54. The standard InChI is InChI=1S/C10H15BrO2/c1-8(2,3)7(13)10(11)5-9(10,4)6-12/h6H,5H2,1-4H3/t9-,10-/m0/s1. The SMILES string of the molecule is CC(C)(C)C(=O)[C@@]1(Br)C[C@@]1(C)C=O. The summed E-state index contributed by atoms with van der Waals surface area (Å²) in [5.41, 5.74) is -0.873. The number of carbonyl (C=O) groups excluding carboxylic acids is 2. The van der Waals surface area contributed by atoms with Crippen LogP contribution in [0.4, 0.5) is 0 Å². The van der Waals surface area contributed by atoms with Gasteiger partial charge in [-0.3, -0.25) is 4.79 Å². The quantitative estimate of drug-likeness (QED) is 0.554.